The summed E-state index contributed by atoms with van der Waals surface area (Å²) >= 11 is 13.1. The molecule has 0 radical (unpaired) electrons. The predicted molar refractivity (Wildman–Crippen MR) is 136 cm³/mol. The van der Waals surface area contributed by atoms with Crippen LogP contribution in [0.1, 0.15) is 26.2 Å². The first-order chi connectivity index (χ1) is 16.5. The number of hydrogen-bond donors (Lipinski definition) is 2. The van der Waals surface area contributed by atoms with Crippen LogP contribution in [-0.4, -0.2) is 44.3 Å². The second kappa shape index (κ2) is 9.64. The summed E-state index contributed by atoms with van der Waals surface area (Å²) in [6.07, 6.45) is 10.2. The van der Waals surface area contributed by atoms with Crippen LogP contribution >= 0.6 is 23.2 Å². The Kier molecular flexibility index (Phi) is 6.60. The third kappa shape index (κ3) is 4.32. The van der Waals surface area contributed by atoms with Gasteiger partial charge in [-0.3, -0.25) is 0 Å². The van der Waals surface area contributed by atoms with E-state index in [-0.39, 0.29) is 0 Å². The van der Waals surface area contributed by atoms with Crippen molar-refractivity contribution in [1.29, 1.82) is 0 Å². The van der Waals surface area contributed by atoms with Crippen molar-refractivity contribution in [2.24, 2.45) is 5.92 Å². The quantitative estimate of drug-likeness (QED) is 0.445. The first-order valence-electron chi connectivity index (χ1n) is 11.7. The van der Waals surface area contributed by atoms with Gasteiger partial charge in [0, 0.05) is 6.54 Å². The number of alkyl halides is 1. The lowest BCUT2D eigenvalue weighted by Crippen LogP contribution is -2.45. The summed E-state index contributed by atoms with van der Waals surface area (Å²) in [4.78, 5) is 14.1. The van der Waals surface area contributed by atoms with Crippen molar-refractivity contribution < 1.29 is 4.39 Å². The van der Waals surface area contributed by atoms with Gasteiger partial charge in [0.25, 0.3) is 0 Å². The number of piperidine rings is 1. The second-order valence-corrected chi connectivity index (χ2v) is 9.74. The zero-order valence-electron chi connectivity index (χ0n) is 18.9. The zero-order valence-corrected chi connectivity index (χ0v) is 20.5. The van der Waals surface area contributed by atoms with Crippen LogP contribution in [0, 0.1) is 5.92 Å². The number of rotatable bonds is 6. The van der Waals surface area contributed by atoms with Crippen LogP contribution in [0.2, 0.25) is 10.0 Å². The highest BCUT2D eigenvalue weighted by molar-refractivity contribution is 6.39. The second-order valence-electron chi connectivity index (χ2n) is 8.92. The monoisotopic (exact) mass is 500 g/mol. The first kappa shape index (κ1) is 23.3. The molecule has 3 unspecified atom stereocenters. The van der Waals surface area contributed by atoms with Crippen LogP contribution in [0.4, 0.5) is 10.3 Å². The van der Waals surface area contributed by atoms with Gasteiger partial charge in [-0.05, 0) is 56.5 Å². The Morgan fingerprint density at radius 3 is 2.76 bits per heavy atom. The molecular formula is C25H27Cl2FN6. The predicted octanol–water partition coefficient (Wildman–Crippen LogP) is 5.82. The standard InChI is InChI=1S/C25H27Cl2FN6/c1-2-25(11-4-3-10-20(25)28)33-24-30-14-19-22(32-24)34(15-16-7-6-12-29-13-16)23(31-19)21-17(26)8-5-9-18(21)27/h3-5,8-11,14,16,20,29H,2,6-7,12-13,15H2,1H3,(H,30,32,33). The van der Waals surface area contributed by atoms with Gasteiger partial charge in [0.05, 0.1) is 27.3 Å². The van der Waals surface area contributed by atoms with Gasteiger partial charge in [-0.15, -0.1) is 0 Å². The number of hydrogen-bond acceptors (Lipinski definition) is 5. The Balaban J connectivity index is 1.61. The highest BCUT2D eigenvalue weighted by atomic mass is 35.5. The number of nitrogens with one attached hydrogen (secondary N) is 2. The van der Waals surface area contributed by atoms with Gasteiger partial charge in [0.2, 0.25) is 5.95 Å². The van der Waals surface area contributed by atoms with Crippen LogP contribution < -0.4 is 10.6 Å². The molecule has 9 heteroatoms. The Bertz CT molecular complexity index is 1230. The molecule has 1 aromatic carbocycles. The van der Waals surface area contributed by atoms with Gasteiger partial charge in [-0.2, -0.15) is 4.98 Å². The lowest BCUT2D eigenvalue weighted by molar-refractivity contribution is 0.289. The molecule has 3 atom stereocenters. The molecule has 178 valence electrons. The number of allylic oxidation sites excluding steroid dienone is 2. The van der Waals surface area contributed by atoms with Crippen LogP contribution in [0.15, 0.2) is 48.7 Å². The maximum atomic E-state index is 14.9. The van der Waals surface area contributed by atoms with E-state index in [9.17, 15) is 4.39 Å². The fourth-order valence-electron chi connectivity index (χ4n) is 4.76. The molecule has 5 rings (SSSR count). The maximum Gasteiger partial charge on any atom is 0.225 e. The van der Waals surface area contributed by atoms with Crippen molar-refractivity contribution in [3.05, 3.63) is 58.7 Å². The van der Waals surface area contributed by atoms with E-state index in [2.05, 4.69) is 20.2 Å². The van der Waals surface area contributed by atoms with E-state index in [1.807, 2.05) is 37.3 Å². The molecule has 0 bridgehead atoms. The lowest BCUT2D eigenvalue weighted by Gasteiger charge is -2.34. The van der Waals surface area contributed by atoms with E-state index in [4.69, 9.17) is 33.2 Å². The summed E-state index contributed by atoms with van der Waals surface area (Å²) in [7, 11) is 0. The largest absolute Gasteiger partial charge is 0.342 e. The van der Waals surface area contributed by atoms with Crippen molar-refractivity contribution >= 4 is 40.3 Å². The molecule has 2 N–H and O–H groups in total. The van der Waals surface area contributed by atoms with Crippen LogP contribution in [0.3, 0.4) is 0 Å². The minimum Gasteiger partial charge on any atom is -0.342 e. The van der Waals surface area contributed by atoms with Crippen LogP contribution in [-0.2, 0) is 6.54 Å². The Morgan fingerprint density at radius 2 is 2.06 bits per heavy atom. The lowest BCUT2D eigenvalue weighted by atomic mass is 9.87. The third-order valence-electron chi connectivity index (χ3n) is 6.72. The van der Waals surface area contributed by atoms with E-state index >= 15 is 0 Å². The smallest absolute Gasteiger partial charge is 0.225 e. The minimum atomic E-state index is -1.18. The fraction of sp³-hybridized carbons (Fsp3) is 0.400. The van der Waals surface area contributed by atoms with E-state index in [1.54, 1.807) is 18.3 Å². The van der Waals surface area contributed by atoms with E-state index in [0.717, 1.165) is 25.9 Å². The molecule has 1 aliphatic carbocycles. The summed E-state index contributed by atoms with van der Waals surface area (Å²) in [5, 5.41) is 7.78. The topological polar surface area (TPSA) is 67.7 Å². The molecule has 3 aromatic rings. The molecule has 0 spiro atoms. The molecule has 34 heavy (non-hydrogen) atoms. The number of fused-ring (bicyclic) bond motifs is 1. The number of halogens is 3. The van der Waals surface area contributed by atoms with Gasteiger partial charge in [0.15, 0.2) is 5.65 Å². The molecule has 0 saturated carbocycles. The average Bonchev–Trinajstić information content (AvgIpc) is 3.18. The number of anilines is 1. The van der Waals surface area contributed by atoms with Gasteiger partial charge >= 0.3 is 0 Å². The third-order valence-corrected chi connectivity index (χ3v) is 7.35. The van der Waals surface area contributed by atoms with Crippen LogP contribution in [0.25, 0.3) is 22.6 Å². The summed E-state index contributed by atoms with van der Waals surface area (Å²) in [6, 6.07) is 5.43. The zero-order chi connectivity index (χ0) is 23.7. The first-order valence-corrected chi connectivity index (χ1v) is 12.4. The number of aromatic nitrogens is 4. The maximum absolute atomic E-state index is 14.9. The highest BCUT2D eigenvalue weighted by Crippen LogP contribution is 2.36. The van der Waals surface area contributed by atoms with Crippen molar-refractivity contribution in [3.63, 3.8) is 0 Å². The Hall–Kier alpha value is -2.48. The normalized spacial score (nSPS) is 24.6. The van der Waals surface area contributed by atoms with Crippen molar-refractivity contribution in [2.75, 3.05) is 18.4 Å². The molecule has 2 aliphatic rings. The molecule has 6 nitrogen and oxygen atoms in total. The Labute approximate surface area is 208 Å². The van der Waals surface area contributed by atoms with Crippen LogP contribution in [0.5, 0.6) is 0 Å². The van der Waals surface area contributed by atoms with E-state index in [0.29, 0.717) is 57.4 Å². The molecule has 3 heterocycles. The number of benzene rings is 1. The van der Waals surface area contributed by atoms with Gasteiger partial charge in [-0.25, -0.2) is 14.4 Å². The van der Waals surface area contributed by atoms with Gasteiger partial charge < -0.3 is 15.2 Å². The molecular weight excluding hydrogens is 474 g/mol. The van der Waals surface area contributed by atoms with Gasteiger partial charge in [0.1, 0.15) is 17.5 Å². The molecule has 2 aromatic heterocycles. The number of nitrogens with zero attached hydrogens (tertiary/aromatic N) is 4. The summed E-state index contributed by atoms with van der Waals surface area (Å²) in [6.45, 7) is 4.61. The Morgan fingerprint density at radius 1 is 1.24 bits per heavy atom. The van der Waals surface area contributed by atoms with E-state index < -0.39 is 11.7 Å². The highest BCUT2D eigenvalue weighted by Gasteiger charge is 2.36. The fourth-order valence-corrected chi connectivity index (χ4v) is 5.33. The summed E-state index contributed by atoms with van der Waals surface area (Å²) < 4.78 is 17.0. The van der Waals surface area contributed by atoms with Crippen molar-refractivity contribution in [2.45, 2.75) is 44.4 Å². The summed E-state index contributed by atoms with van der Waals surface area (Å²) in [5.41, 5.74) is 1.10. The SMILES string of the molecule is CCC1(Nc2ncc3nc(-c4c(Cl)cccc4Cl)n(CC4CCCNC4)c3n2)C=CC=CC1F. The molecule has 1 saturated heterocycles. The van der Waals surface area contributed by atoms with Crippen molar-refractivity contribution in [1.82, 2.24) is 24.8 Å². The average molecular weight is 501 g/mol. The van der Waals surface area contributed by atoms with Crippen molar-refractivity contribution in [3.8, 4) is 11.4 Å². The molecule has 1 fully saturated rings. The van der Waals surface area contributed by atoms with Gasteiger partial charge in [-0.1, -0.05) is 54.4 Å². The number of imidazole rings is 1. The molecule has 1 aliphatic heterocycles. The van der Waals surface area contributed by atoms with E-state index in [1.165, 1.54) is 0 Å². The minimum absolute atomic E-state index is 0.358. The summed E-state index contributed by atoms with van der Waals surface area (Å²) in [5.74, 6) is 1.44. The molecule has 0 amide bonds.